The van der Waals surface area contributed by atoms with Crippen molar-refractivity contribution in [2.45, 2.75) is 32.2 Å². The van der Waals surface area contributed by atoms with Crippen LogP contribution in [0.4, 0.5) is 4.39 Å². The average Bonchev–Trinajstić information content (AvgIpc) is 3.12. The van der Waals surface area contributed by atoms with Crippen LogP contribution in [-0.4, -0.2) is 22.3 Å². The first-order chi connectivity index (χ1) is 12.2. The highest BCUT2D eigenvalue weighted by molar-refractivity contribution is 5.83. The maximum atomic E-state index is 13.4. The maximum Gasteiger partial charge on any atom is 0.227 e. The molecule has 4 heteroatoms. The fourth-order valence-electron chi connectivity index (χ4n) is 4.54. The van der Waals surface area contributed by atoms with Crippen LogP contribution in [0.1, 0.15) is 43.5 Å². The van der Waals surface area contributed by atoms with Crippen LogP contribution in [-0.2, 0) is 4.79 Å². The third-order valence-electron chi connectivity index (χ3n) is 5.78. The van der Waals surface area contributed by atoms with Gasteiger partial charge in [-0.3, -0.25) is 9.78 Å². The van der Waals surface area contributed by atoms with Crippen molar-refractivity contribution < 1.29 is 9.18 Å². The Morgan fingerprint density at radius 1 is 1.20 bits per heavy atom. The molecule has 1 aromatic carbocycles. The monoisotopic (exact) mass is 338 g/mol. The summed E-state index contributed by atoms with van der Waals surface area (Å²) in [7, 11) is 0. The summed E-state index contributed by atoms with van der Waals surface area (Å²) >= 11 is 0. The molecule has 1 aromatic heterocycles. The van der Waals surface area contributed by atoms with Crippen molar-refractivity contribution in [2.75, 3.05) is 6.54 Å². The number of carbonyl (C=O) groups excluding carboxylic acids is 1. The first-order valence-corrected chi connectivity index (χ1v) is 9.17. The predicted octanol–water partition coefficient (Wildman–Crippen LogP) is 4.20. The van der Waals surface area contributed by atoms with E-state index in [-0.39, 0.29) is 23.7 Å². The Balaban J connectivity index is 1.68. The van der Waals surface area contributed by atoms with Gasteiger partial charge >= 0.3 is 0 Å². The summed E-state index contributed by atoms with van der Waals surface area (Å²) in [6.45, 7) is 2.63. The van der Waals surface area contributed by atoms with E-state index in [9.17, 15) is 9.18 Å². The van der Waals surface area contributed by atoms with Crippen LogP contribution in [0.3, 0.4) is 0 Å². The number of benzene rings is 1. The molecule has 2 aliphatic rings. The van der Waals surface area contributed by atoms with Crippen molar-refractivity contribution >= 4 is 5.91 Å². The van der Waals surface area contributed by atoms with E-state index in [2.05, 4.69) is 4.98 Å². The summed E-state index contributed by atoms with van der Waals surface area (Å²) in [5.41, 5.74) is 1.73. The molecule has 2 saturated carbocycles. The second kappa shape index (κ2) is 6.58. The van der Waals surface area contributed by atoms with E-state index >= 15 is 0 Å². The second-order valence-electron chi connectivity index (χ2n) is 7.12. The van der Waals surface area contributed by atoms with Gasteiger partial charge in [0.15, 0.2) is 0 Å². The van der Waals surface area contributed by atoms with Crippen LogP contribution in [0, 0.1) is 23.6 Å². The van der Waals surface area contributed by atoms with Gasteiger partial charge in [-0.1, -0.05) is 24.6 Å². The number of hydrogen-bond acceptors (Lipinski definition) is 2. The van der Waals surface area contributed by atoms with E-state index < -0.39 is 0 Å². The van der Waals surface area contributed by atoms with Crippen LogP contribution in [0.15, 0.2) is 48.7 Å². The summed E-state index contributed by atoms with van der Waals surface area (Å²) in [5, 5.41) is 0. The van der Waals surface area contributed by atoms with Crippen molar-refractivity contribution in [1.29, 1.82) is 0 Å². The highest BCUT2D eigenvalue weighted by Gasteiger charge is 2.57. The minimum atomic E-state index is -0.269. The van der Waals surface area contributed by atoms with E-state index in [1.54, 1.807) is 18.3 Å². The number of pyridine rings is 1. The molecule has 1 amide bonds. The third-order valence-corrected chi connectivity index (χ3v) is 5.78. The first-order valence-electron chi connectivity index (χ1n) is 9.17. The van der Waals surface area contributed by atoms with Crippen LogP contribution in [0.25, 0.3) is 0 Å². The number of carbonyl (C=O) groups is 1. The van der Waals surface area contributed by atoms with Gasteiger partial charge in [-0.25, -0.2) is 4.39 Å². The molecule has 0 radical (unpaired) electrons. The molecule has 2 fully saturated rings. The SMILES string of the molecule is CCN(C(=O)C1[C@H]2CCC[C@@H]12)[C@@H](c1ccc(F)cc1)c1ccccn1. The lowest BCUT2D eigenvalue weighted by Crippen LogP contribution is -2.37. The molecule has 0 spiro atoms. The summed E-state index contributed by atoms with van der Waals surface area (Å²) in [6, 6.07) is 11.9. The Labute approximate surface area is 147 Å². The van der Waals surface area contributed by atoms with Gasteiger partial charge in [-0.05, 0) is 61.4 Å². The fraction of sp³-hybridized carbons (Fsp3) is 0.429. The molecule has 0 N–H and O–H groups in total. The molecule has 1 heterocycles. The quantitative estimate of drug-likeness (QED) is 0.818. The molecule has 0 saturated heterocycles. The Hall–Kier alpha value is -2.23. The molecule has 25 heavy (non-hydrogen) atoms. The lowest BCUT2D eigenvalue weighted by atomic mass is 9.99. The zero-order chi connectivity index (χ0) is 17.4. The van der Waals surface area contributed by atoms with Gasteiger partial charge in [0.1, 0.15) is 5.82 Å². The Morgan fingerprint density at radius 2 is 1.92 bits per heavy atom. The molecule has 2 aliphatic carbocycles. The molecule has 4 rings (SSSR count). The average molecular weight is 338 g/mol. The summed E-state index contributed by atoms with van der Waals surface area (Å²) in [4.78, 5) is 19.7. The van der Waals surface area contributed by atoms with Gasteiger partial charge < -0.3 is 4.90 Å². The van der Waals surface area contributed by atoms with Crippen molar-refractivity contribution in [3.8, 4) is 0 Å². The maximum absolute atomic E-state index is 13.4. The summed E-state index contributed by atoms with van der Waals surface area (Å²) in [6.07, 6.45) is 5.37. The van der Waals surface area contributed by atoms with Gasteiger partial charge in [-0.15, -0.1) is 0 Å². The largest absolute Gasteiger partial charge is 0.330 e. The molecule has 0 bridgehead atoms. The minimum absolute atomic E-state index is 0.181. The van der Waals surface area contributed by atoms with E-state index in [0.717, 1.165) is 11.3 Å². The molecule has 3 nitrogen and oxygen atoms in total. The lowest BCUT2D eigenvalue weighted by Gasteiger charge is -2.31. The topological polar surface area (TPSA) is 33.2 Å². The van der Waals surface area contributed by atoms with Crippen LogP contribution < -0.4 is 0 Å². The Bertz CT molecular complexity index is 736. The Kier molecular flexibility index (Phi) is 4.28. The highest BCUT2D eigenvalue weighted by atomic mass is 19.1. The number of fused-ring (bicyclic) bond motifs is 1. The number of rotatable bonds is 5. The second-order valence-corrected chi connectivity index (χ2v) is 7.12. The fourth-order valence-corrected chi connectivity index (χ4v) is 4.54. The minimum Gasteiger partial charge on any atom is -0.330 e. The van der Waals surface area contributed by atoms with Crippen LogP contribution in [0.5, 0.6) is 0 Å². The Morgan fingerprint density at radius 3 is 2.52 bits per heavy atom. The van der Waals surface area contributed by atoms with Gasteiger partial charge in [-0.2, -0.15) is 0 Å². The smallest absolute Gasteiger partial charge is 0.227 e. The van der Waals surface area contributed by atoms with Crippen LogP contribution >= 0.6 is 0 Å². The lowest BCUT2D eigenvalue weighted by molar-refractivity contribution is -0.135. The van der Waals surface area contributed by atoms with E-state index in [1.165, 1.54) is 31.4 Å². The van der Waals surface area contributed by atoms with Crippen molar-refractivity contribution in [2.24, 2.45) is 17.8 Å². The number of halogens is 1. The number of amides is 1. The van der Waals surface area contributed by atoms with Gasteiger partial charge in [0, 0.05) is 18.7 Å². The molecule has 130 valence electrons. The van der Waals surface area contributed by atoms with E-state index in [0.29, 0.717) is 18.4 Å². The zero-order valence-electron chi connectivity index (χ0n) is 14.4. The third kappa shape index (κ3) is 2.94. The van der Waals surface area contributed by atoms with Gasteiger partial charge in [0.25, 0.3) is 0 Å². The molecular weight excluding hydrogens is 315 g/mol. The summed E-state index contributed by atoms with van der Waals surface area (Å²) < 4.78 is 13.4. The van der Waals surface area contributed by atoms with E-state index in [1.807, 2.05) is 30.0 Å². The number of nitrogens with zero attached hydrogens (tertiary/aromatic N) is 2. The molecule has 0 aliphatic heterocycles. The summed E-state index contributed by atoms with van der Waals surface area (Å²) in [5.74, 6) is 1.31. The van der Waals surface area contributed by atoms with Crippen LogP contribution in [0.2, 0.25) is 0 Å². The normalized spacial score (nSPS) is 25.3. The van der Waals surface area contributed by atoms with Crippen molar-refractivity contribution in [3.05, 3.63) is 65.7 Å². The standard InChI is InChI=1S/C21H23FN2O/c1-2-24(21(25)19-16-6-5-7-17(16)19)20(18-8-3-4-13-23-18)14-9-11-15(22)12-10-14/h3-4,8-13,16-17,19-20H,2,5-7H2,1H3/t16-,17+,19?,20-/m0/s1. The molecule has 2 aromatic rings. The molecular formula is C21H23FN2O. The van der Waals surface area contributed by atoms with Gasteiger partial charge in [0.2, 0.25) is 5.91 Å². The van der Waals surface area contributed by atoms with Crippen molar-refractivity contribution in [1.82, 2.24) is 9.88 Å². The van der Waals surface area contributed by atoms with Gasteiger partial charge in [0.05, 0.1) is 11.7 Å². The number of aromatic nitrogens is 1. The first kappa shape index (κ1) is 16.2. The predicted molar refractivity (Wildman–Crippen MR) is 94.2 cm³/mol. The van der Waals surface area contributed by atoms with E-state index in [4.69, 9.17) is 0 Å². The number of hydrogen-bond donors (Lipinski definition) is 0. The van der Waals surface area contributed by atoms with Crippen molar-refractivity contribution in [3.63, 3.8) is 0 Å². The molecule has 1 unspecified atom stereocenters. The zero-order valence-corrected chi connectivity index (χ0v) is 14.4. The molecule has 4 atom stereocenters. The highest BCUT2D eigenvalue weighted by Crippen LogP contribution is 2.58.